The van der Waals surface area contributed by atoms with E-state index < -0.39 is 12.0 Å². The van der Waals surface area contributed by atoms with Gasteiger partial charge in [0.15, 0.2) is 5.78 Å². The van der Waals surface area contributed by atoms with Crippen LogP contribution < -0.4 is 5.73 Å². The molecular weight excluding hydrogens is 332 g/mol. The van der Waals surface area contributed by atoms with Crippen molar-refractivity contribution in [3.63, 3.8) is 0 Å². The van der Waals surface area contributed by atoms with E-state index in [1.54, 1.807) is 0 Å². The third-order valence-electron chi connectivity index (χ3n) is 4.47. The molecule has 26 heavy (non-hydrogen) atoms. The summed E-state index contributed by atoms with van der Waals surface area (Å²) in [5.74, 6) is 0.0771. The molecule has 0 amide bonds. The first-order valence-electron chi connectivity index (χ1n) is 9.40. The number of esters is 1. The Morgan fingerprint density at radius 1 is 1.31 bits per heavy atom. The van der Waals surface area contributed by atoms with Crippen molar-refractivity contribution < 1.29 is 19.4 Å². The number of Topliss-reactive ketones (excluding diaryl/α,β-unsaturated/α-hetero) is 1. The number of carbonyl (C=O) groups excluding carboxylic acids is 2. The number of aliphatic hydroxyl groups excluding tert-OH is 1. The van der Waals surface area contributed by atoms with E-state index in [1.165, 1.54) is 7.11 Å². The first-order valence-corrected chi connectivity index (χ1v) is 9.40. The molecule has 0 aromatic carbocycles. The first kappa shape index (κ1) is 22.4. The largest absolute Gasteiger partial charge is 0.511 e. The van der Waals surface area contributed by atoms with Crippen LogP contribution in [0.3, 0.4) is 0 Å². The second-order valence-corrected chi connectivity index (χ2v) is 8.31. The molecule has 3 N–H and O–H groups in total. The average molecular weight is 367 g/mol. The van der Waals surface area contributed by atoms with E-state index in [0.717, 1.165) is 12.8 Å². The predicted molar refractivity (Wildman–Crippen MR) is 103 cm³/mol. The van der Waals surface area contributed by atoms with Crippen molar-refractivity contribution in [2.75, 3.05) is 13.7 Å². The molecule has 0 saturated heterocycles. The zero-order valence-corrected chi connectivity index (χ0v) is 16.8. The predicted octanol–water partition coefficient (Wildman–Crippen LogP) is 3.35. The van der Waals surface area contributed by atoms with Crippen LogP contribution in [0.2, 0.25) is 0 Å². The number of nitrogens with two attached hydrogens (primary N) is 1. The lowest BCUT2D eigenvalue weighted by Crippen LogP contribution is -2.31. The molecule has 0 radical (unpaired) electrons. The van der Waals surface area contributed by atoms with E-state index in [1.807, 2.05) is 13.8 Å². The quantitative estimate of drug-likeness (QED) is 0.370. The van der Waals surface area contributed by atoms with Crippen molar-refractivity contribution in [3.05, 3.63) is 11.3 Å². The highest BCUT2D eigenvalue weighted by Gasteiger charge is 2.35. The molecule has 1 atom stereocenters. The second-order valence-electron chi connectivity index (χ2n) is 8.31. The zero-order valence-electron chi connectivity index (χ0n) is 16.8. The Balaban J connectivity index is 2.76. The molecule has 0 spiro atoms. The number of aliphatic imine (C=N–C) groups is 1. The number of nitrogens with zero attached hydrogens (tertiary/aromatic N) is 1. The molecule has 0 aliphatic heterocycles. The van der Waals surface area contributed by atoms with Gasteiger partial charge in [-0.25, -0.2) is 0 Å². The molecule has 0 heterocycles. The maximum absolute atomic E-state index is 12.6. The third-order valence-corrected chi connectivity index (χ3v) is 4.47. The van der Waals surface area contributed by atoms with Gasteiger partial charge >= 0.3 is 5.97 Å². The smallest absolute Gasteiger partial charge is 0.322 e. The highest BCUT2D eigenvalue weighted by Crippen LogP contribution is 2.36. The number of rotatable bonds is 9. The van der Waals surface area contributed by atoms with Gasteiger partial charge in [-0.2, -0.15) is 0 Å². The maximum Gasteiger partial charge on any atom is 0.322 e. The fraction of sp³-hybridized carbons (Fsp3) is 0.750. The Labute approximate surface area is 156 Å². The minimum atomic E-state index is -0.604. The van der Waals surface area contributed by atoms with E-state index in [9.17, 15) is 14.7 Å². The van der Waals surface area contributed by atoms with Gasteiger partial charge in [0.1, 0.15) is 11.8 Å². The summed E-state index contributed by atoms with van der Waals surface area (Å²) in [4.78, 5) is 28.5. The van der Waals surface area contributed by atoms with Crippen LogP contribution >= 0.6 is 0 Å². The highest BCUT2D eigenvalue weighted by molar-refractivity contribution is 6.23. The van der Waals surface area contributed by atoms with Gasteiger partial charge in [-0.15, -0.1) is 0 Å². The number of carbonyl (C=O) groups is 2. The Bertz CT molecular complexity index is 576. The van der Waals surface area contributed by atoms with Gasteiger partial charge in [-0.3, -0.25) is 14.6 Å². The van der Waals surface area contributed by atoms with Crippen LogP contribution in [0, 0.1) is 11.3 Å². The number of aliphatic hydroxyl groups is 1. The Kier molecular flexibility index (Phi) is 8.47. The summed E-state index contributed by atoms with van der Waals surface area (Å²) < 4.78 is 4.61. The van der Waals surface area contributed by atoms with Crippen LogP contribution in [0.5, 0.6) is 0 Å². The summed E-state index contributed by atoms with van der Waals surface area (Å²) in [6.45, 7) is 8.66. The molecule has 1 unspecified atom stereocenters. The first-order chi connectivity index (χ1) is 12.1. The molecule has 6 nitrogen and oxygen atoms in total. The van der Waals surface area contributed by atoms with E-state index in [4.69, 9.17) is 5.73 Å². The van der Waals surface area contributed by atoms with Crippen molar-refractivity contribution >= 4 is 17.5 Å². The minimum Gasteiger partial charge on any atom is -0.511 e. The van der Waals surface area contributed by atoms with Crippen LogP contribution in [-0.4, -0.2) is 42.3 Å². The summed E-state index contributed by atoms with van der Waals surface area (Å²) in [7, 11) is 1.33. The lowest BCUT2D eigenvalue weighted by atomic mass is 9.75. The third kappa shape index (κ3) is 6.90. The molecule has 6 heteroatoms. The van der Waals surface area contributed by atoms with E-state index in [2.05, 4.69) is 23.6 Å². The molecule has 1 aliphatic rings. The SMILES string of the molecule is COC(=O)C(N)CCCCN=C(CC(C)C)C1=C(O)CC(C)(C)CC1=O. The molecule has 148 valence electrons. The van der Waals surface area contributed by atoms with Gasteiger partial charge in [0.2, 0.25) is 0 Å². The second kappa shape index (κ2) is 9.86. The van der Waals surface area contributed by atoms with Crippen LogP contribution in [0.15, 0.2) is 16.3 Å². The lowest BCUT2D eigenvalue weighted by Gasteiger charge is -2.30. The number of methoxy groups -OCH3 is 1. The molecule has 1 rings (SSSR count). The van der Waals surface area contributed by atoms with Gasteiger partial charge in [-0.05, 0) is 37.0 Å². The van der Waals surface area contributed by atoms with Crippen LogP contribution in [0.4, 0.5) is 0 Å². The average Bonchev–Trinajstić information content (AvgIpc) is 2.50. The molecule has 1 aliphatic carbocycles. The molecule has 0 aromatic rings. The number of ether oxygens (including phenoxy) is 1. The molecule has 0 bridgehead atoms. The van der Waals surface area contributed by atoms with Gasteiger partial charge in [0.05, 0.1) is 12.7 Å². The van der Waals surface area contributed by atoms with Crippen molar-refractivity contribution in [2.24, 2.45) is 22.1 Å². The summed E-state index contributed by atoms with van der Waals surface area (Å²) in [6, 6.07) is -0.604. The molecular formula is C20H34N2O4. The molecule has 0 aromatic heterocycles. The summed E-state index contributed by atoms with van der Waals surface area (Å²) in [6.07, 6.45) is 3.65. The number of hydrogen-bond acceptors (Lipinski definition) is 6. The Hall–Kier alpha value is -1.69. The van der Waals surface area contributed by atoms with Crippen LogP contribution in [0.1, 0.15) is 66.2 Å². The van der Waals surface area contributed by atoms with Gasteiger partial charge in [0.25, 0.3) is 0 Å². The number of allylic oxidation sites excluding steroid dienone is 2. The summed E-state index contributed by atoms with van der Waals surface area (Å²) in [5, 5.41) is 10.4. The van der Waals surface area contributed by atoms with E-state index >= 15 is 0 Å². The fourth-order valence-electron chi connectivity index (χ4n) is 3.21. The normalized spacial score (nSPS) is 19.0. The highest BCUT2D eigenvalue weighted by atomic mass is 16.5. The van der Waals surface area contributed by atoms with E-state index in [-0.39, 0.29) is 17.0 Å². The summed E-state index contributed by atoms with van der Waals surface area (Å²) in [5.41, 5.74) is 6.63. The Morgan fingerprint density at radius 2 is 1.96 bits per heavy atom. The van der Waals surface area contributed by atoms with Gasteiger partial charge < -0.3 is 15.6 Å². The van der Waals surface area contributed by atoms with Crippen LogP contribution in [0.25, 0.3) is 0 Å². The maximum atomic E-state index is 12.6. The topological polar surface area (TPSA) is 102 Å². The van der Waals surface area contributed by atoms with Crippen molar-refractivity contribution in [1.82, 2.24) is 0 Å². The zero-order chi connectivity index (χ0) is 19.9. The summed E-state index contributed by atoms with van der Waals surface area (Å²) >= 11 is 0. The van der Waals surface area contributed by atoms with Gasteiger partial charge in [0, 0.05) is 25.1 Å². The number of unbranched alkanes of at least 4 members (excludes halogenated alkanes) is 1. The van der Waals surface area contributed by atoms with Crippen molar-refractivity contribution in [2.45, 2.75) is 72.3 Å². The molecule has 0 saturated carbocycles. The number of ketones is 1. The van der Waals surface area contributed by atoms with Crippen LogP contribution in [-0.2, 0) is 14.3 Å². The fourth-order valence-corrected chi connectivity index (χ4v) is 3.21. The monoisotopic (exact) mass is 366 g/mol. The minimum absolute atomic E-state index is 0.0223. The Morgan fingerprint density at radius 3 is 2.50 bits per heavy atom. The van der Waals surface area contributed by atoms with Crippen molar-refractivity contribution in [3.8, 4) is 0 Å². The lowest BCUT2D eigenvalue weighted by molar-refractivity contribution is -0.142. The number of hydrogen-bond donors (Lipinski definition) is 2. The van der Waals surface area contributed by atoms with Gasteiger partial charge in [-0.1, -0.05) is 27.7 Å². The van der Waals surface area contributed by atoms with E-state index in [0.29, 0.717) is 49.4 Å². The standard InChI is InChI=1S/C20H34N2O4/c1-13(2)10-15(18-16(23)11-20(3,4)12-17(18)24)22-9-7-6-8-14(21)19(25)26-5/h13-14,23H,6-12,21H2,1-5H3. The van der Waals surface area contributed by atoms with Crippen molar-refractivity contribution in [1.29, 1.82) is 0 Å². The molecule has 0 fully saturated rings.